The summed E-state index contributed by atoms with van der Waals surface area (Å²) >= 11 is 0. The zero-order chi connectivity index (χ0) is 19.5. The van der Waals surface area contributed by atoms with Crippen molar-refractivity contribution in [2.24, 2.45) is 5.41 Å². The van der Waals surface area contributed by atoms with Crippen molar-refractivity contribution in [3.8, 4) is 0 Å². The van der Waals surface area contributed by atoms with E-state index in [0.29, 0.717) is 12.8 Å². The Morgan fingerprint density at radius 2 is 1.85 bits per heavy atom. The topological polar surface area (TPSA) is 144 Å². The summed E-state index contributed by atoms with van der Waals surface area (Å²) < 4.78 is 23.4. The van der Waals surface area contributed by atoms with E-state index >= 15 is 0 Å². The number of carboxylic acids is 1. The van der Waals surface area contributed by atoms with Crippen LogP contribution in [0.1, 0.15) is 42.5 Å². The molecule has 0 radical (unpaired) electrons. The Morgan fingerprint density at radius 1 is 1.23 bits per heavy atom. The van der Waals surface area contributed by atoms with Crippen molar-refractivity contribution in [1.82, 2.24) is 5.32 Å². The summed E-state index contributed by atoms with van der Waals surface area (Å²) in [5.74, 6) is -1.74. The van der Waals surface area contributed by atoms with Gasteiger partial charge in [-0.05, 0) is 18.9 Å². The first-order valence-electron chi connectivity index (χ1n) is 8.06. The number of rotatable bonds is 6. The second-order valence-corrected chi connectivity index (χ2v) is 8.59. The van der Waals surface area contributed by atoms with Crippen LogP contribution in [0.2, 0.25) is 0 Å². The Bertz CT molecular complexity index is 842. The molecule has 0 atom stereocenters. The third kappa shape index (κ3) is 4.37. The number of aliphatic carboxylic acids is 1. The van der Waals surface area contributed by atoms with E-state index in [4.69, 9.17) is 0 Å². The van der Waals surface area contributed by atoms with Crippen molar-refractivity contribution >= 4 is 27.4 Å². The molecule has 1 aliphatic carbocycles. The number of nitrogens with zero attached hydrogens (tertiary/aromatic N) is 1. The molecule has 9 nitrogen and oxygen atoms in total. The van der Waals surface area contributed by atoms with Gasteiger partial charge in [-0.25, -0.2) is 8.42 Å². The highest BCUT2D eigenvalue weighted by atomic mass is 32.2. The number of sulfone groups is 1. The third-order valence-electron chi connectivity index (χ3n) is 4.64. The molecule has 1 amide bonds. The van der Waals surface area contributed by atoms with Crippen molar-refractivity contribution in [3.05, 3.63) is 33.9 Å². The molecule has 0 unspecified atom stereocenters. The summed E-state index contributed by atoms with van der Waals surface area (Å²) in [6.45, 7) is -0.113. The summed E-state index contributed by atoms with van der Waals surface area (Å²) in [6.07, 6.45) is 4.19. The lowest BCUT2D eigenvalue weighted by Crippen LogP contribution is -2.44. The number of carbonyl (C=O) groups excluding carboxylic acids is 1. The van der Waals surface area contributed by atoms with E-state index in [1.807, 2.05) is 0 Å². The molecule has 0 saturated heterocycles. The van der Waals surface area contributed by atoms with Gasteiger partial charge in [0, 0.05) is 30.5 Å². The zero-order valence-electron chi connectivity index (χ0n) is 14.2. The van der Waals surface area contributed by atoms with Gasteiger partial charge in [0.25, 0.3) is 11.6 Å². The van der Waals surface area contributed by atoms with Gasteiger partial charge >= 0.3 is 5.97 Å². The molecule has 1 aromatic rings. The molecule has 1 aromatic carbocycles. The minimum absolute atomic E-state index is 0.113. The SMILES string of the molecule is CS(=O)(=O)c1cc(C(=O)NCC2(C(=O)O)CCCCC2)cc([N+](=O)[O-])c1. The van der Waals surface area contributed by atoms with Crippen LogP contribution in [0.4, 0.5) is 5.69 Å². The van der Waals surface area contributed by atoms with E-state index in [2.05, 4.69) is 5.32 Å². The molecule has 1 saturated carbocycles. The molecular weight excluding hydrogens is 364 g/mol. The van der Waals surface area contributed by atoms with E-state index < -0.39 is 37.7 Å². The monoisotopic (exact) mass is 384 g/mol. The van der Waals surface area contributed by atoms with Gasteiger partial charge in [0.15, 0.2) is 9.84 Å². The van der Waals surface area contributed by atoms with Gasteiger partial charge in [0.05, 0.1) is 15.2 Å². The van der Waals surface area contributed by atoms with Gasteiger partial charge in [-0.1, -0.05) is 19.3 Å². The number of nitro groups is 1. The Balaban J connectivity index is 2.27. The molecule has 0 spiro atoms. The zero-order valence-corrected chi connectivity index (χ0v) is 15.0. The van der Waals surface area contributed by atoms with Crippen LogP contribution in [-0.2, 0) is 14.6 Å². The highest BCUT2D eigenvalue weighted by Crippen LogP contribution is 2.36. The number of benzene rings is 1. The smallest absolute Gasteiger partial charge is 0.311 e. The number of hydrogen-bond donors (Lipinski definition) is 2. The Labute approximate surface area is 150 Å². The average molecular weight is 384 g/mol. The summed E-state index contributed by atoms with van der Waals surface area (Å²) in [7, 11) is -3.75. The molecule has 2 N–H and O–H groups in total. The quantitative estimate of drug-likeness (QED) is 0.561. The predicted molar refractivity (Wildman–Crippen MR) is 91.7 cm³/mol. The maximum atomic E-state index is 12.4. The second kappa shape index (κ2) is 7.40. The van der Waals surface area contributed by atoms with Gasteiger partial charge in [0.2, 0.25) is 0 Å². The van der Waals surface area contributed by atoms with E-state index in [1.54, 1.807) is 0 Å². The van der Waals surface area contributed by atoms with Crippen molar-refractivity contribution in [2.45, 2.75) is 37.0 Å². The Morgan fingerprint density at radius 3 is 2.35 bits per heavy atom. The molecule has 0 aliphatic heterocycles. The standard InChI is InChI=1S/C16H20N2O7S/c1-26(24,25)13-8-11(7-12(9-13)18(22)23)14(19)17-10-16(15(20)21)5-3-2-4-6-16/h7-9H,2-6,10H2,1H3,(H,17,19)(H,20,21). The largest absolute Gasteiger partial charge is 0.481 e. The lowest BCUT2D eigenvalue weighted by Gasteiger charge is -2.33. The number of nitro benzene ring substituents is 1. The maximum absolute atomic E-state index is 12.4. The molecule has 26 heavy (non-hydrogen) atoms. The van der Waals surface area contributed by atoms with Gasteiger partial charge < -0.3 is 10.4 Å². The van der Waals surface area contributed by atoms with Crippen LogP contribution in [0.15, 0.2) is 23.1 Å². The summed E-state index contributed by atoms with van der Waals surface area (Å²) in [4.78, 5) is 33.9. The molecular formula is C16H20N2O7S. The number of carboxylic acid groups (broad SMARTS) is 1. The Hall–Kier alpha value is -2.49. The molecule has 1 aliphatic rings. The van der Waals surface area contributed by atoms with Crippen molar-refractivity contribution in [1.29, 1.82) is 0 Å². The van der Waals surface area contributed by atoms with Crippen LogP contribution < -0.4 is 5.32 Å². The van der Waals surface area contributed by atoms with Crippen LogP contribution in [-0.4, -0.2) is 43.1 Å². The van der Waals surface area contributed by atoms with Gasteiger partial charge in [-0.15, -0.1) is 0 Å². The van der Waals surface area contributed by atoms with Crippen LogP contribution in [0, 0.1) is 15.5 Å². The molecule has 10 heteroatoms. The molecule has 2 rings (SSSR count). The highest BCUT2D eigenvalue weighted by Gasteiger charge is 2.39. The average Bonchev–Trinajstić information content (AvgIpc) is 2.59. The maximum Gasteiger partial charge on any atom is 0.311 e. The number of non-ortho nitro benzene ring substituents is 1. The van der Waals surface area contributed by atoms with E-state index in [1.165, 1.54) is 0 Å². The van der Waals surface area contributed by atoms with Gasteiger partial charge in [0.1, 0.15) is 0 Å². The molecule has 0 aromatic heterocycles. The fourth-order valence-electron chi connectivity index (χ4n) is 3.08. The summed E-state index contributed by atoms with van der Waals surface area (Å²) in [5.41, 5.74) is -1.78. The first kappa shape index (κ1) is 19.8. The number of amides is 1. The first-order chi connectivity index (χ1) is 12.0. The number of carbonyl (C=O) groups is 2. The lowest BCUT2D eigenvalue weighted by atomic mass is 9.74. The number of nitrogens with one attached hydrogen (secondary N) is 1. The van der Waals surface area contributed by atoms with Crippen LogP contribution in [0.25, 0.3) is 0 Å². The minimum Gasteiger partial charge on any atom is -0.481 e. The lowest BCUT2D eigenvalue weighted by molar-refractivity contribution is -0.385. The van der Waals surface area contributed by atoms with Crippen LogP contribution in [0.5, 0.6) is 0 Å². The van der Waals surface area contributed by atoms with Crippen LogP contribution >= 0.6 is 0 Å². The normalized spacial score (nSPS) is 16.7. The minimum atomic E-state index is -3.75. The molecule has 142 valence electrons. The van der Waals surface area contributed by atoms with Crippen molar-refractivity contribution in [2.75, 3.05) is 12.8 Å². The predicted octanol–water partition coefficient (Wildman–Crippen LogP) is 1.76. The fourth-order valence-corrected chi connectivity index (χ4v) is 3.76. The van der Waals surface area contributed by atoms with Crippen molar-refractivity contribution < 1.29 is 28.0 Å². The summed E-state index contributed by atoms with van der Waals surface area (Å²) in [5, 5.41) is 23.0. The molecule has 1 fully saturated rings. The van der Waals surface area contributed by atoms with E-state index in [-0.39, 0.29) is 17.0 Å². The van der Waals surface area contributed by atoms with Crippen LogP contribution in [0.3, 0.4) is 0 Å². The summed E-state index contributed by atoms with van der Waals surface area (Å²) in [6, 6.07) is 2.90. The third-order valence-corrected chi connectivity index (χ3v) is 5.74. The van der Waals surface area contributed by atoms with Crippen molar-refractivity contribution in [3.63, 3.8) is 0 Å². The number of hydrogen-bond acceptors (Lipinski definition) is 6. The van der Waals surface area contributed by atoms with E-state index in [0.717, 1.165) is 43.7 Å². The fraction of sp³-hybridized carbons (Fsp3) is 0.500. The first-order valence-corrected chi connectivity index (χ1v) is 9.95. The molecule has 0 bridgehead atoms. The second-order valence-electron chi connectivity index (χ2n) is 6.57. The highest BCUT2D eigenvalue weighted by molar-refractivity contribution is 7.90. The van der Waals surface area contributed by atoms with Gasteiger partial charge in [-0.3, -0.25) is 19.7 Å². The molecule has 0 heterocycles. The van der Waals surface area contributed by atoms with E-state index in [9.17, 15) is 33.2 Å². The van der Waals surface area contributed by atoms with Gasteiger partial charge in [-0.2, -0.15) is 0 Å². The Kier molecular flexibility index (Phi) is 5.65.